The van der Waals surface area contributed by atoms with Gasteiger partial charge in [0.05, 0.1) is 5.56 Å². The van der Waals surface area contributed by atoms with Gasteiger partial charge in [-0.05, 0) is 37.0 Å². The number of carboxylic acid groups (broad SMARTS) is 1. The van der Waals surface area contributed by atoms with Crippen LogP contribution in [0.15, 0.2) is 18.2 Å². The minimum Gasteiger partial charge on any atom is -0.478 e. The second kappa shape index (κ2) is 5.73. The number of aromatic carboxylic acids is 1. The van der Waals surface area contributed by atoms with Crippen molar-refractivity contribution in [2.45, 2.75) is 12.8 Å². The van der Waals surface area contributed by atoms with E-state index in [1.165, 1.54) is 6.07 Å². The smallest absolute Gasteiger partial charge is 0.337 e. The van der Waals surface area contributed by atoms with Crippen molar-refractivity contribution < 1.29 is 14.6 Å². The molecule has 5 heteroatoms. The van der Waals surface area contributed by atoms with Gasteiger partial charge >= 0.3 is 5.97 Å². The van der Waals surface area contributed by atoms with Crippen molar-refractivity contribution in [3.63, 3.8) is 0 Å². The minimum atomic E-state index is -0.964. The van der Waals surface area contributed by atoms with Crippen LogP contribution >= 0.6 is 0 Å². The third-order valence-corrected chi connectivity index (χ3v) is 3.17. The first kappa shape index (κ1) is 12.7. The van der Waals surface area contributed by atoms with Crippen molar-refractivity contribution >= 4 is 17.3 Å². The highest BCUT2D eigenvalue weighted by Gasteiger charge is 2.15. The Morgan fingerprint density at radius 1 is 1.56 bits per heavy atom. The number of nitrogens with one attached hydrogen (secondary N) is 1. The molecule has 0 amide bonds. The van der Waals surface area contributed by atoms with Crippen LogP contribution < -0.4 is 11.1 Å². The predicted molar refractivity (Wildman–Crippen MR) is 69.8 cm³/mol. The second-order valence-corrected chi connectivity index (χ2v) is 4.56. The number of carbonyl (C=O) groups is 1. The van der Waals surface area contributed by atoms with Gasteiger partial charge in [0.25, 0.3) is 0 Å². The van der Waals surface area contributed by atoms with E-state index in [-0.39, 0.29) is 5.56 Å². The van der Waals surface area contributed by atoms with Crippen LogP contribution in [0.3, 0.4) is 0 Å². The van der Waals surface area contributed by atoms with Crippen LogP contribution in [0.4, 0.5) is 11.4 Å². The number of anilines is 2. The molecule has 1 aliphatic heterocycles. The number of benzene rings is 1. The fraction of sp³-hybridized carbons (Fsp3) is 0.462. The lowest BCUT2D eigenvalue weighted by Crippen LogP contribution is -2.12. The zero-order valence-electron chi connectivity index (χ0n) is 10.2. The molecule has 2 rings (SSSR count). The molecule has 0 aromatic heterocycles. The summed E-state index contributed by atoms with van der Waals surface area (Å²) in [6.07, 6.45) is 2.08. The number of nitrogens with two attached hydrogens (primary N) is 1. The van der Waals surface area contributed by atoms with Crippen molar-refractivity contribution in [1.29, 1.82) is 0 Å². The summed E-state index contributed by atoms with van der Waals surface area (Å²) in [4.78, 5) is 11.1. The van der Waals surface area contributed by atoms with Gasteiger partial charge in [0, 0.05) is 31.1 Å². The lowest BCUT2D eigenvalue weighted by molar-refractivity contribution is 0.0698. The molecular weight excluding hydrogens is 232 g/mol. The predicted octanol–water partition coefficient (Wildman–Crippen LogP) is 1.81. The summed E-state index contributed by atoms with van der Waals surface area (Å²) in [5.41, 5.74) is 6.89. The summed E-state index contributed by atoms with van der Waals surface area (Å²) in [5.74, 6) is -0.381. The highest BCUT2D eigenvalue weighted by atomic mass is 16.5. The van der Waals surface area contributed by atoms with Gasteiger partial charge in [0.1, 0.15) is 0 Å². The Morgan fingerprint density at radius 3 is 3.06 bits per heavy atom. The Hall–Kier alpha value is -1.75. The molecule has 18 heavy (non-hydrogen) atoms. The van der Waals surface area contributed by atoms with E-state index in [1.807, 2.05) is 0 Å². The molecule has 0 saturated carbocycles. The van der Waals surface area contributed by atoms with Crippen LogP contribution in [0, 0.1) is 5.92 Å². The Kier molecular flexibility index (Phi) is 4.04. The third-order valence-electron chi connectivity index (χ3n) is 3.17. The average Bonchev–Trinajstić information content (AvgIpc) is 2.84. The van der Waals surface area contributed by atoms with Crippen molar-refractivity contribution in [3.05, 3.63) is 23.8 Å². The quantitative estimate of drug-likeness (QED) is 0.694. The number of rotatable bonds is 5. The Morgan fingerprint density at radius 2 is 2.39 bits per heavy atom. The van der Waals surface area contributed by atoms with Crippen LogP contribution in [0.2, 0.25) is 0 Å². The highest BCUT2D eigenvalue weighted by molar-refractivity contribution is 5.95. The summed E-state index contributed by atoms with van der Waals surface area (Å²) >= 11 is 0. The van der Waals surface area contributed by atoms with E-state index in [9.17, 15) is 4.79 Å². The largest absolute Gasteiger partial charge is 0.478 e. The molecular formula is C13H18N2O3. The van der Waals surface area contributed by atoms with E-state index in [4.69, 9.17) is 15.6 Å². The molecule has 1 aromatic rings. The van der Waals surface area contributed by atoms with E-state index in [0.717, 1.165) is 32.6 Å². The van der Waals surface area contributed by atoms with Crippen molar-refractivity contribution in [2.75, 3.05) is 30.8 Å². The Labute approximate surface area is 106 Å². The molecule has 5 nitrogen and oxygen atoms in total. The number of nitrogen functional groups attached to an aromatic ring is 1. The molecule has 1 atom stereocenters. The number of hydrogen-bond acceptors (Lipinski definition) is 4. The molecule has 1 aromatic carbocycles. The van der Waals surface area contributed by atoms with Crippen molar-refractivity contribution in [2.24, 2.45) is 5.92 Å². The lowest BCUT2D eigenvalue weighted by atomic mass is 10.1. The lowest BCUT2D eigenvalue weighted by Gasteiger charge is -2.12. The maximum absolute atomic E-state index is 11.1. The second-order valence-electron chi connectivity index (χ2n) is 4.56. The Bertz CT molecular complexity index is 428. The zero-order valence-corrected chi connectivity index (χ0v) is 10.2. The zero-order chi connectivity index (χ0) is 13.0. The normalized spacial score (nSPS) is 18.8. The average molecular weight is 250 g/mol. The van der Waals surface area contributed by atoms with Gasteiger partial charge in [0.15, 0.2) is 0 Å². The molecule has 1 saturated heterocycles. The third kappa shape index (κ3) is 3.13. The van der Waals surface area contributed by atoms with E-state index in [1.54, 1.807) is 12.1 Å². The van der Waals surface area contributed by atoms with E-state index < -0.39 is 5.97 Å². The van der Waals surface area contributed by atoms with Gasteiger partial charge in [-0.1, -0.05) is 0 Å². The fourth-order valence-corrected chi connectivity index (χ4v) is 2.11. The summed E-state index contributed by atoms with van der Waals surface area (Å²) in [6, 6.07) is 4.89. The number of ether oxygens (including phenoxy) is 1. The highest BCUT2D eigenvalue weighted by Crippen LogP contribution is 2.20. The molecule has 0 spiro atoms. The van der Waals surface area contributed by atoms with Crippen LogP contribution in [0.25, 0.3) is 0 Å². The van der Waals surface area contributed by atoms with Gasteiger partial charge in [-0.25, -0.2) is 4.79 Å². The molecule has 0 radical (unpaired) electrons. The molecule has 1 aliphatic rings. The molecule has 0 bridgehead atoms. The van der Waals surface area contributed by atoms with Gasteiger partial charge in [-0.2, -0.15) is 0 Å². The SMILES string of the molecule is Nc1ccc(NCCC2CCOC2)c(C(=O)O)c1. The minimum absolute atomic E-state index is 0.220. The molecule has 0 aliphatic carbocycles. The van der Waals surface area contributed by atoms with Crippen LogP contribution in [0.5, 0.6) is 0 Å². The monoisotopic (exact) mass is 250 g/mol. The van der Waals surface area contributed by atoms with Gasteiger partial charge in [-0.3, -0.25) is 0 Å². The summed E-state index contributed by atoms with van der Waals surface area (Å²) in [7, 11) is 0. The van der Waals surface area contributed by atoms with Crippen LogP contribution in [-0.2, 0) is 4.74 Å². The number of hydrogen-bond donors (Lipinski definition) is 3. The van der Waals surface area contributed by atoms with E-state index in [2.05, 4.69) is 5.32 Å². The molecule has 4 N–H and O–H groups in total. The molecule has 1 fully saturated rings. The van der Waals surface area contributed by atoms with E-state index in [0.29, 0.717) is 17.3 Å². The van der Waals surface area contributed by atoms with Gasteiger partial charge in [-0.15, -0.1) is 0 Å². The molecule has 1 unspecified atom stereocenters. The summed E-state index contributed by atoms with van der Waals surface area (Å²) < 4.78 is 5.30. The Balaban J connectivity index is 1.93. The maximum Gasteiger partial charge on any atom is 0.337 e. The van der Waals surface area contributed by atoms with Crippen LogP contribution in [-0.4, -0.2) is 30.8 Å². The molecule has 98 valence electrons. The van der Waals surface area contributed by atoms with Crippen molar-refractivity contribution in [1.82, 2.24) is 0 Å². The standard InChI is InChI=1S/C13H18N2O3/c14-10-1-2-12(11(7-10)13(16)17)15-5-3-9-4-6-18-8-9/h1-2,7,9,15H,3-6,8,14H2,(H,16,17). The summed E-state index contributed by atoms with van der Waals surface area (Å²) in [5, 5.41) is 12.2. The summed E-state index contributed by atoms with van der Waals surface area (Å²) in [6.45, 7) is 2.40. The van der Waals surface area contributed by atoms with Gasteiger partial charge in [0.2, 0.25) is 0 Å². The molecule has 1 heterocycles. The van der Waals surface area contributed by atoms with E-state index >= 15 is 0 Å². The van der Waals surface area contributed by atoms with Crippen LogP contribution in [0.1, 0.15) is 23.2 Å². The first-order valence-corrected chi connectivity index (χ1v) is 6.11. The maximum atomic E-state index is 11.1. The van der Waals surface area contributed by atoms with Gasteiger partial charge < -0.3 is 20.9 Å². The number of carboxylic acids is 1. The first-order chi connectivity index (χ1) is 8.66. The topological polar surface area (TPSA) is 84.6 Å². The van der Waals surface area contributed by atoms with Crippen molar-refractivity contribution in [3.8, 4) is 0 Å². The fourth-order valence-electron chi connectivity index (χ4n) is 2.11. The first-order valence-electron chi connectivity index (χ1n) is 6.11.